The molecule has 37 heavy (non-hydrogen) atoms. The number of halogens is 1. The highest BCUT2D eigenvalue weighted by Gasteiger charge is 2.26. The minimum absolute atomic E-state index is 0.0293. The van der Waals surface area contributed by atoms with Gasteiger partial charge in [-0.2, -0.15) is 0 Å². The lowest BCUT2D eigenvalue weighted by atomic mass is 9.98. The van der Waals surface area contributed by atoms with E-state index in [4.69, 9.17) is 24.7 Å². The SMILES string of the molecule is CCOC[C@@H](Nc1nc(Nc2cc(OC)cc(OC)c2)c(C(N)=O)cc1F)[C@H](C)CC(=O)OC(C)(C)C. The molecule has 1 aromatic carbocycles. The molecule has 1 heterocycles. The molecule has 11 heteroatoms. The average molecular weight is 521 g/mol. The first-order chi connectivity index (χ1) is 17.4. The Labute approximate surface area is 217 Å². The molecule has 2 atom stereocenters. The molecule has 0 aliphatic rings. The number of amides is 1. The Morgan fingerprint density at radius 3 is 2.22 bits per heavy atom. The van der Waals surface area contributed by atoms with Gasteiger partial charge < -0.3 is 35.3 Å². The van der Waals surface area contributed by atoms with E-state index in [0.29, 0.717) is 23.8 Å². The van der Waals surface area contributed by atoms with Gasteiger partial charge in [0.15, 0.2) is 11.6 Å². The average Bonchev–Trinajstić information content (AvgIpc) is 2.81. The highest BCUT2D eigenvalue weighted by Crippen LogP contribution is 2.30. The second-order valence-electron chi connectivity index (χ2n) is 9.48. The smallest absolute Gasteiger partial charge is 0.306 e. The Kier molecular flexibility index (Phi) is 10.5. The van der Waals surface area contributed by atoms with Crippen LogP contribution in [0.25, 0.3) is 0 Å². The van der Waals surface area contributed by atoms with Gasteiger partial charge in [-0.1, -0.05) is 6.92 Å². The second kappa shape index (κ2) is 13.1. The van der Waals surface area contributed by atoms with Gasteiger partial charge >= 0.3 is 5.97 Å². The third-order valence-corrected chi connectivity index (χ3v) is 5.27. The number of nitrogens with two attached hydrogens (primary N) is 1. The number of carbonyl (C=O) groups excluding carboxylic acids is 2. The molecule has 0 radical (unpaired) electrons. The van der Waals surface area contributed by atoms with E-state index in [2.05, 4.69) is 15.6 Å². The number of nitrogens with one attached hydrogen (secondary N) is 2. The minimum Gasteiger partial charge on any atom is -0.497 e. The summed E-state index contributed by atoms with van der Waals surface area (Å²) >= 11 is 0. The fourth-order valence-electron chi connectivity index (χ4n) is 3.45. The molecule has 0 spiro atoms. The molecule has 204 valence electrons. The molecule has 4 N–H and O–H groups in total. The largest absolute Gasteiger partial charge is 0.497 e. The van der Waals surface area contributed by atoms with Gasteiger partial charge in [-0.25, -0.2) is 9.37 Å². The molecule has 0 fully saturated rings. The van der Waals surface area contributed by atoms with Crippen molar-refractivity contribution in [1.29, 1.82) is 0 Å². The van der Waals surface area contributed by atoms with Crippen LogP contribution in [0.3, 0.4) is 0 Å². The molecule has 2 rings (SSSR count). The van der Waals surface area contributed by atoms with E-state index in [0.717, 1.165) is 6.07 Å². The predicted molar refractivity (Wildman–Crippen MR) is 139 cm³/mol. The Bertz CT molecular complexity index is 1070. The summed E-state index contributed by atoms with van der Waals surface area (Å²) in [6, 6.07) is 5.51. The van der Waals surface area contributed by atoms with Crippen LogP contribution in [0.5, 0.6) is 11.5 Å². The number of nitrogens with zero attached hydrogens (tertiary/aromatic N) is 1. The van der Waals surface area contributed by atoms with Gasteiger partial charge in [0.1, 0.15) is 22.9 Å². The molecule has 0 bridgehead atoms. The number of pyridine rings is 1. The van der Waals surface area contributed by atoms with Crippen molar-refractivity contribution < 1.29 is 32.9 Å². The maximum atomic E-state index is 15.1. The van der Waals surface area contributed by atoms with Crippen molar-refractivity contribution in [2.75, 3.05) is 38.1 Å². The summed E-state index contributed by atoms with van der Waals surface area (Å²) in [5, 5.41) is 6.02. The van der Waals surface area contributed by atoms with Crippen molar-refractivity contribution in [2.24, 2.45) is 11.7 Å². The number of carbonyl (C=O) groups is 2. The number of rotatable bonds is 13. The van der Waals surface area contributed by atoms with Crippen LogP contribution in [0.4, 0.5) is 21.7 Å². The fourth-order valence-corrected chi connectivity index (χ4v) is 3.45. The molecular formula is C26H37FN4O6. The zero-order valence-corrected chi connectivity index (χ0v) is 22.4. The van der Waals surface area contributed by atoms with Gasteiger partial charge in [0.25, 0.3) is 5.91 Å². The lowest BCUT2D eigenvalue weighted by Crippen LogP contribution is -2.36. The van der Waals surface area contributed by atoms with Crippen molar-refractivity contribution in [3.05, 3.63) is 35.6 Å². The van der Waals surface area contributed by atoms with Gasteiger partial charge in [0.2, 0.25) is 0 Å². The maximum absolute atomic E-state index is 15.1. The van der Waals surface area contributed by atoms with E-state index < -0.39 is 23.4 Å². The van der Waals surface area contributed by atoms with Crippen LogP contribution in [0.1, 0.15) is 51.4 Å². The third kappa shape index (κ3) is 9.09. The van der Waals surface area contributed by atoms with Crippen LogP contribution < -0.4 is 25.8 Å². The van der Waals surface area contributed by atoms with Gasteiger partial charge in [0, 0.05) is 30.5 Å². The normalized spacial score (nSPS) is 12.9. The van der Waals surface area contributed by atoms with Gasteiger partial charge in [0.05, 0.1) is 38.9 Å². The highest BCUT2D eigenvalue weighted by molar-refractivity contribution is 5.98. The molecular weight excluding hydrogens is 483 g/mol. The van der Waals surface area contributed by atoms with Crippen LogP contribution in [0, 0.1) is 11.7 Å². The van der Waals surface area contributed by atoms with Crippen LogP contribution in [-0.4, -0.2) is 55.9 Å². The Morgan fingerprint density at radius 2 is 1.70 bits per heavy atom. The summed E-state index contributed by atoms with van der Waals surface area (Å²) < 4.78 is 36.6. The van der Waals surface area contributed by atoms with E-state index in [-0.39, 0.29) is 42.1 Å². The number of aromatic nitrogens is 1. The molecule has 10 nitrogen and oxygen atoms in total. The zero-order valence-electron chi connectivity index (χ0n) is 22.4. The Morgan fingerprint density at radius 1 is 1.08 bits per heavy atom. The number of ether oxygens (including phenoxy) is 4. The molecule has 2 aromatic rings. The summed E-state index contributed by atoms with van der Waals surface area (Å²) in [5.74, 6) is -1.43. The van der Waals surface area contributed by atoms with E-state index in [1.807, 2.05) is 13.8 Å². The maximum Gasteiger partial charge on any atom is 0.306 e. The molecule has 1 aromatic heterocycles. The van der Waals surface area contributed by atoms with E-state index in [9.17, 15) is 9.59 Å². The van der Waals surface area contributed by atoms with Gasteiger partial charge in [-0.05, 0) is 39.7 Å². The summed E-state index contributed by atoms with van der Waals surface area (Å²) in [6.45, 7) is 9.65. The first-order valence-electron chi connectivity index (χ1n) is 11.9. The van der Waals surface area contributed by atoms with Crippen molar-refractivity contribution in [1.82, 2.24) is 4.98 Å². The fraction of sp³-hybridized carbons (Fsp3) is 0.500. The first kappa shape index (κ1) is 29.6. The number of esters is 1. The number of hydrogen-bond acceptors (Lipinski definition) is 9. The van der Waals surface area contributed by atoms with Gasteiger partial charge in [-0.3, -0.25) is 9.59 Å². The third-order valence-electron chi connectivity index (χ3n) is 5.27. The molecule has 0 unspecified atom stereocenters. The number of benzene rings is 1. The monoisotopic (exact) mass is 520 g/mol. The van der Waals surface area contributed by atoms with Gasteiger partial charge in [-0.15, -0.1) is 0 Å². The Hall–Kier alpha value is -3.60. The van der Waals surface area contributed by atoms with Crippen LogP contribution in [-0.2, 0) is 14.3 Å². The topological polar surface area (TPSA) is 134 Å². The van der Waals surface area contributed by atoms with Crippen molar-refractivity contribution in [2.45, 2.75) is 52.7 Å². The number of hydrogen-bond donors (Lipinski definition) is 3. The quantitative estimate of drug-likeness (QED) is 0.331. The standard InChI is InChI=1S/C26H37FN4O6/c1-8-36-14-21(15(2)9-22(32)37-26(3,4)5)30-25-20(27)13-19(23(28)33)24(31-25)29-16-10-17(34-6)12-18(11-16)35-7/h10-13,15,21H,8-9,14H2,1-7H3,(H2,28,33)(H2,29,30,31)/t15-,21-/m1/s1. The number of primary amides is 1. The minimum atomic E-state index is -0.862. The summed E-state index contributed by atoms with van der Waals surface area (Å²) in [5.41, 5.74) is 5.20. The molecule has 1 amide bonds. The molecule has 0 saturated heterocycles. The van der Waals surface area contributed by atoms with Crippen molar-refractivity contribution >= 4 is 29.2 Å². The van der Waals surface area contributed by atoms with Crippen molar-refractivity contribution in [3.8, 4) is 11.5 Å². The molecule has 0 aliphatic heterocycles. The molecule has 0 saturated carbocycles. The van der Waals surface area contributed by atoms with Crippen molar-refractivity contribution in [3.63, 3.8) is 0 Å². The van der Waals surface area contributed by atoms with E-state index >= 15 is 4.39 Å². The summed E-state index contributed by atoms with van der Waals surface area (Å²) in [6.07, 6.45) is 0.0811. The predicted octanol–water partition coefficient (Wildman–Crippen LogP) is 4.27. The molecule has 0 aliphatic carbocycles. The van der Waals surface area contributed by atoms with E-state index in [1.54, 1.807) is 39.0 Å². The number of anilines is 3. The first-order valence-corrected chi connectivity index (χ1v) is 11.9. The van der Waals surface area contributed by atoms with E-state index in [1.165, 1.54) is 14.2 Å². The lowest BCUT2D eigenvalue weighted by Gasteiger charge is -2.27. The van der Waals surface area contributed by atoms with Crippen LogP contribution in [0.2, 0.25) is 0 Å². The highest BCUT2D eigenvalue weighted by atomic mass is 19.1. The summed E-state index contributed by atoms with van der Waals surface area (Å²) in [7, 11) is 3.00. The lowest BCUT2D eigenvalue weighted by molar-refractivity contribution is -0.156. The van der Waals surface area contributed by atoms with Crippen LogP contribution in [0.15, 0.2) is 24.3 Å². The van der Waals surface area contributed by atoms with Crippen LogP contribution >= 0.6 is 0 Å². The zero-order chi connectivity index (χ0) is 27.8. The second-order valence-corrected chi connectivity index (χ2v) is 9.48. The number of methoxy groups -OCH3 is 2. The Balaban J connectivity index is 2.39. The summed E-state index contributed by atoms with van der Waals surface area (Å²) in [4.78, 5) is 28.8.